The maximum absolute atomic E-state index is 11.4. The zero-order valence-corrected chi connectivity index (χ0v) is 14.4. The molecule has 1 unspecified atom stereocenters. The molecule has 0 N–H and O–H groups in total. The lowest BCUT2D eigenvalue weighted by Crippen LogP contribution is -2.09. The van der Waals surface area contributed by atoms with Gasteiger partial charge in [0.1, 0.15) is 0 Å². The van der Waals surface area contributed by atoms with E-state index in [2.05, 4.69) is 13.5 Å². The molecule has 0 aliphatic heterocycles. The lowest BCUT2D eigenvalue weighted by Gasteiger charge is -2.16. The average molecular weight is 350 g/mol. The van der Waals surface area contributed by atoms with Crippen LogP contribution in [0, 0.1) is 20.2 Å². The molecule has 0 aromatic heterocycles. The number of nitro groups is 2. The van der Waals surface area contributed by atoms with Gasteiger partial charge >= 0.3 is 17.3 Å². The minimum Gasteiger partial charge on any atom is -0.409 e. The number of ether oxygens (including phenoxy) is 1. The Kier molecular flexibility index (Phi) is 7.71. The Morgan fingerprint density at radius 1 is 1.20 bits per heavy atom. The minimum absolute atomic E-state index is 0.0342. The molecular weight excluding hydrogens is 328 g/mol. The van der Waals surface area contributed by atoms with Gasteiger partial charge in [-0.25, -0.2) is 4.79 Å². The number of nitro benzene ring substituents is 2. The highest BCUT2D eigenvalue weighted by Gasteiger charge is 2.31. The van der Waals surface area contributed by atoms with Crippen LogP contribution < -0.4 is 4.74 Å². The number of hydrogen-bond donors (Lipinski definition) is 0. The summed E-state index contributed by atoms with van der Waals surface area (Å²) in [6, 6.07) is 2.53. The summed E-state index contributed by atoms with van der Waals surface area (Å²) in [5, 5.41) is 22.7. The van der Waals surface area contributed by atoms with Crippen LogP contribution in [0.2, 0.25) is 0 Å². The predicted octanol–water partition coefficient (Wildman–Crippen LogP) is 4.67. The van der Waals surface area contributed by atoms with Crippen LogP contribution in [0.15, 0.2) is 24.8 Å². The monoisotopic (exact) mass is 350 g/mol. The Morgan fingerprint density at radius 2 is 1.76 bits per heavy atom. The van der Waals surface area contributed by atoms with Gasteiger partial charge in [-0.05, 0) is 24.3 Å². The van der Waals surface area contributed by atoms with E-state index < -0.39 is 32.9 Å². The van der Waals surface area contributed by atoms with Crippen molar-refractivity contribution in [2.75, 3.05) is 0 Å². The standard InChI is InChI=1S/C17H22N2O6/c1-4-7-8-9-12(5-2)13-10-14(18(21)22)17(25-16(20)6-3)15(11-13)19(23)24/h6,10-12H,3-5,7-9H2,1-2H3. The van der Waals surface area contributed by atoms with E-state index in [1.165, 1.54) is 12.1 Å². The highest BCUT2D eigenvalue weighted by molar-refractivity contribution is 5.85. The zero-order valence-electron chi connectivity index (χ0n) is 14.4. The maximum Gasteiger partial charge on any atom is 0.336 e. The molecule has 1 atom stereocenters. The first-order valence-electron chi connectivity index (χ1n) is 8.16. The molecule has 0 saturated carbocycles. The minimum atomic E-state index is -0.992. The van der Waals surface area contributed by atoms with Crippen LogP contribution in [-0.2, 0) is 4.79 Å². The van der Waals surface area contributed by atoms with Crippen LogP contribution >= 0.6 is 0 Å². The molecule has 0 aliphatic carbocycles. The van der Waals surface area contributed by atoms with Crippen LogP contribution in [0.3, 0.4) is 0 Å². The quantitative estimate of drug-likeness (QED) is 0.151. The van der Waals surface area contributed by atoms with Gasteiger partial charge in [-0.3, -0.25) is 20.2 Å². The Bertz CT molecular complexity index is 636. The number of carbonyl (C=O) groups is 1. The van der Waals surface area contributed by atoms with Gasteiger partial charge in [-0.1, -0.05) is 39.7 Å². The van der Waals surface area contributed by atoms with Crippen molar-refractivity contribution >= 4 is 17.3 Å². The average Bonchev–Trinajstić information content (AvgIpc) is 2.58. The molecule has 0 fully saturated rings. The molecule has 0 spiro atoms. The largest absolute Gasteiger partial charge is 0.409 e. The first-order chi connectivity index (χ1) is 11.8. The predicted molar refractivity (Wildman–Crippen MR) is 92.8 cm³/mol. The fourth-order valence-electron chi connectivity index (χ4n) is 2.62. The molecule has 8 nitrogen and oxygen atoms in total. The van der Waals surface area contributed by atoms with E-state index in [0.717, 1.165) is 31.8 Å². The Labute approximate surface area is 145 Å². The van der Waals surface area contributed by atoms with E-state index in [1.807, 2.05) is 6.92 Å². The highest BCUT2D eigenvalue weighted by atomic mass is 16.6. The lowest BCUT2D eigenvalue weighted by molar-refractivity contribution is -0.395. The fourth-order valence-corrected chi connectivity index (χ4v) is 2.62. The van der Waals surface area contributed by atoms with Gasteiger partial charge in [0.05, 0.1) is 9.85 Å². The van der Waals surface area contributed by atoms with E-state index in [4.69, 9.17) is 4.74 Å². The van der Waals surface area contributed by atoms with Gasteiger partial charge in [0, 0.05) is 18.2 Å². The molecule has 0 amide bonds. The van der Waals surface area contributed by atoms with E-state index in [0.29, 0.717) is 12.0 Å². The fraction of sp³-hybridized carbons (Fsp3) is 0.471. The molecule has 25 heavy (non-hydrogen) atoms. The second kappa shape index (κ2) is 9.51. The Hall–Kier alpha value is -2.77. The number of benzene rings is 1. The van der Waals surface area contributed by atoms with Crippen molar-refractivity contribution in [3.63, 3.8) is 0 Å². The molecule has 0 heterocycles. The van der Waals surface area contributed by atoms with Crippen LogP contribution in [0.1, 0.15) is 57.4 Å². The molecule has 0 aliphatic rings. The Balaban J connectivity index is 3.42. The molecule has 8 heteroatoms. The summed E-state index contributed by atoms with van der Waals surface area (Å²) in [4.78, 5) is 32.6. The summed E-state index contributed by atoms with van der Waals surface area (Å²) >= 11 is 0. The van der Waals surface area contributed by atoms with Crippen LogP contribution in [0.4, 0.5) is 11.4 Å². The van der Waals surface area contributed by atoms with Crippen molar-refractivity contribution in [3.05, 3.63) is 50.6 Å². The van der Waals surface area contributed by atoms with Crippen LogP contribution in [0.5, 0.6) is 5.75 Å². The van der Waals surface area contributed by atoms with E-state index in [1.54, 1.807) is 0 Å². The van der Waals surface area contributed by atoms with Crippen molar-refractivity contribution in [1.29, 1.82) is 0 Å². The van der Waals surface area contributed by atoms with Crippen molar-refractivity contribution in [2.24, 2.45) is 0 Å². The maximum atomic E-state index is 11.4. The normalized spacial score (nSPS) is 11.6. The van der Waals surface area contributed by atoms with Gasteiger partial charge in [-0.2, -0.15) is 0 Å². The molecule has 1 aromatic rings. The summed E-state index contributed by atoms with van der Waals surface area (Å²) in [6.45, 7) is 7.19. The molecule has 1 rings (SSSR count). The first-order valence-corrected chi connectivity index (χ1v) is 8.16. The smallest absolute Gasteiger partial charge is 0.336 e. The Morgan fingerprint density at radius 3 is 2.16 bits per heavy atom. The third-order valence-electron chi connectivity index (χ3n) is 3.96. The van der Waals surface area contributed by atoms with Crippen molar-refractivity contribution < 1.29 is 19.4 Å². The first kappa shape index (κ1) is 20.3. The van der Waals surface area contributed by atoms with Gasteiger partial charge in [0.15, 0.2) is 0 Å². The highest BCUT2D eigenvalue weighted by Crippen LogP contribution is 2.41. The third-order valence-corrected chi connectivity index (χ3v) is 3.96. The van der Waals surface area contributed by atoms with Crippen molar-refractivity contribution in [1.82, 2.24) is 0 Å². The molecular formula is C17H22N2O6. The van der Waals surface area contributed by atoms with E-state index in [9.17, 15) is 25.0 Å². The van der Waals surface area contributed by atoms with E-state index >= 15 is 0 Å². The number of carbonyl (C=O) groups excluding carboxylic acids is 1. The molecule has 1 aromatic carbocycles. The summed E-state index contributed by atoms with van der Waals surface area (Å²) < 4.78 is 4.78. The molecule has 136 valence electrons. The van der Waals surface area contributed by atoms with Crippen LogP contribution in [0.25, 0.3) is 0 Å². The third kappa shape index (κ3) is 5.37. The van der Waals surface area contributed by atoms with E-state index in [-0.39, 0.29) is 5.92 Å². The second-order valence-corrected chi connectivity index (χ2v) is 5.63. The summed E-state index contributed by atoms with van der Waals surface area (Å²) in [7, 11) is 0. The van der Waals surface area contributed by atoms with Gasteiger partial charge < -0.3 is 4.74 Å². The number of unbranched alkanes of at least 4 members (excludes halogenated alkanes) is 2. The summed E-state index contributed by atoms with van der Waals surface area (Å²) in [5.74, 6) is -1.69. The molecule has 0 bridgehead atoms. The lowest BCUT2D eigenvalue weighted by atomic mass is 9.90. The van der Waals surface area contributed by atoms with Gasteiger partial charge in [0.25, 0.3) is 5.75 Å². The van der Waals surface area contributed by atoms with Crippen molar-refractivity contribution in [2.45, 2.75) is 51.9 Å². The number of rotatable bonds is 10. The SMILES string of the molecule is C=CC(=O)Oc1c([N+](=O)[O-])cc(C(CC)CCCCC)cc1[N+](=O)[O-]. The number of nitrogens with zero attached hydrogens (tertiary/aromatic N) is 2. The number of esters is 1. The summed E-state index contributed by atoms with van der Waals surface area (Å²) in [6.07, 6.45) is 5.27. The van der Waals surface area contributed by atoms with Gasteiger partial charge in [0.2, 0.25) is 0 Å². The van der Waals surface area contributed by atoms with Gasteiger partial charge in [-0.15, -0.1) is 0 Å². The van der Waals surface area contributed by atoms with Crippen LogP contribution in [-0.4, -0.2) is 15.8 Å². The topological polar surface area (TPSA) is 113 Å². The summed E-state index contributed by atoms with van der Waals surface area (Å²) in [5.41, 5.74) is -0.669. The zero-order chi connectivity index (χ0) is 19.0. The van der Waals surface area contributed by atoms with Crippen molar-refractivity contribution in [3.8, 4) is 5.75 Å². The molecule has 0 saturated heterocycles. The second-order valence-electron chi connectivity index (χ2n) is 5.63. The number of hydrogen-bond acceptors (Lipinski definition) is 6. The molecule has 0 radical (unpaired) electrons.